The highest BCUT2D eigenvalue weighted by molar-refractivity contribution is 9.10. The number of benzene rings is 1. The van der Waals surface area contributed by atoms with E-state index in [1.165, 1.54) is 12.1 Å². The van der Waals surface area contributed by atoms with Gasteiger partial charge in [-0.15, -0.1) is 0 Å². The maximum absolute atomic E-state index is 12.1. The van der Waals surface area contributed by atoms with Crippen LogP contribution in [0, 0.1) is 0 Å². The Balaban J connectivity index is 2.11. The number of hydrogen-bond donors (Lipinski definition) is 1. The van der Waals surface area contributed by atoms with Gasteiger partial charge in [0.15, 0.2) is 0 Å². The Hall–Kier alpha value is -0.440. The highest BCUT2D eigenvalue weighted by Gasteiger charge is 2.27. The summed E-state index contributed by atoms with van der Waals surface area (Å²) in [6.45, 7) is 0. The van der Waals surface area contributed by atoms with Gasteiger partial charge >= 0.3 is 0 Å². The second-order valence-electron chi connectivity index (χ2n) is 4.50. The third-order valence-electron chi connectivity index (χ3n) is 2.98. The molecule has 2 rings (SSSR count). The van der Waals surface area contributed by atoms with Gasteiger partial charge in [-0.1, -0.05) is 22.0 Å². The molecule has 1 aliphatic rings. The lowest BCUT2D eigenvalue weighted by atomic mass is 10.2. The standard InChI is InChI=1S/C11H14BrNO4S2/c12-9-2-1-3-11(8-9)19(16,17)13-10-4-6-18(14,15)7-5-10/h1-3,8,10,13H,4-7H2. The summed E-state index contributed by atoms with van der Waals surface area (Å²) in [6.07, 6.45) is 0.658. The Morgan fingerprint density at radius 2 is 1.84 bits per heavy atom. The lowest BCUT2D eigenvalue weighted by Crippen LogP contribution is -2.40. The van der Waals surface area contributed by atoms with Crippen LogP contribution in [0.2, 0.25) is 0 Å². The second kappa shape index (κ2) is 5.51. The van der Waals surface area contributed by atoms with Crippen molar-refractivity contribution in [2.24, 2.45) is 0 Å². The molecule has 1 fully saturated rings. The minimum absolute atomic E-state index is 0.0403. The Kier molecular flexibility index (Phi) is 4.34. The van der Waals surface area contributed by atoms with Crippen LogP contribution in [0.4, 0.5) is 0 Å². The van der Waals surface area contributed by atoms with Gasteiger partial charge in [0.1, 0.15) is 9.84 Å². The van der Waals surface area contributed by atoms with E-state index in [0.717, 1.165) is 0 Å². The first kappa shape index (κ1) is 15.0. The normalized spacial score (nSPS) is 20.3. The molecule has 5 nitrogen and oxygen atoms in total. The first-order chi connectivity index (χ1) is 8.78. The molecule has 19 heavy (non-hydrogen) atoms. The lowest BCUT2D eigenvalue weighted by Gasteiger charge is -2.22. The molecule has 1 N–H and O–H groups in total. The molecule has 0 unspecified atom stereocenters. The third kappa shape index (κ3) is 4.01. The van der Waals surface area contributed by atoms with E-state index in [2.05, 4.69) is 20.7 Å². The molecule has 0 bridgehead atoms. The van der Waals surface area contributed by atoms with Gasteiger partial charge in [0.25, 0.3) is 0 Å². The number of sulfonamides is 1. The molecule has 1 heterocycles. The number of halogens is 1. The Morgan fingerprint density at radius 3 is 2.42 bits per heavy atom. The summed E-state index contributed by atoms with van der Waals surface area (Å²) in [7, 11) is -6.58. The number of rotatable bonds is 3. The number of hydrogen-bond acceptors (Lipinski definition) is 4. The maximum atomic E-state index is 12.1. The molecule has 1 aliphatic heterocycles. The fourth-order valence-corrected chi connectivity index (χ4v) is 5.32. The lowest BCUT2D eigenvalue weighted by molar-refractivity contribution is 0.505. The van der Waals surface area contributed by atoms with E-state index < -0.39 is 19.9 Å². The quantitative estimate of drug-likeness (QED) is 0.872. The van der Waals surface area contributed by atoms with Gasteiger partial charge in [-0.05, 0) is 31.0 Å². The molecule has 1 saturated heterocycles. The molecule has 0 radical (unpaired) electrons. The van der Waals surface area contributed by atoms with Crippen LogP contribution in [-0.2, 0) is 19.9 Å². The molecule has 1 aromatic rings. The molecule has 0 aliphatic carbocycles. The zero-order chi connectivity index (χ0) is 14.1. The highest BCUT2D eigenvalue weighted by Crippen LogP contribution is 2.19. The Morgan fingerprint density at radius 1 is 1.21 bits per heavy atom. The predicted molar refractivity (Wildman–Crippen MR) is 76.1 cm³/mol. The fourth-order valence-electron chi connectivity index (χ4n) is 1.93. The van der Waals surface area contributed by atoms with E-state index in [0.29, 0.717) is 17.3 Å². The van der Waals surface area contributed by atoms with Crippen LogP contribution in [0.15, 0.2) is 33.6 Å². The Bertz CT molecular complexity index is 656. The minimum Gasteiger partial charge on any atom is -0.229 e. The number of nitrogens with one attached hydrogen (secondary N) is 1. The summed E-state index contributed by atoms with van der Waals surface area (Å²) >= 11 is 3.22. The second-order valence-corrected chi connectivity index (χ2v) is 9.44. The highest BCUT2D eigenvalue weighted by atomic mass is 79.9. The Labute approximate surface area is 121 Å². The SMILES string of the molecule is O=S1(=O)CCC(NS(=O)(=O)c2cccc(Br)c2)CC1. The van der Waals surface area contributed by atoms with Crippen molar-refractivity contribution in [1.82, 2.24) is 4.72 Å². The molecular formula is C11H14BrNO4S2. The molecule has 1 aromatic carbocycles. The van der Waals surface area contributed by atoms with Gasteiger partial charge in [0, 0.05) is 10.5 Å². The zero-order valence-electron chi connectivity index (χ0n) is 10.0. The average molecular weight is 368 g/mol. The molecule has 0 aromatic heterocycles. The van der Waals surface area contributed by atoms with Crippen molar-refractivity contribution in [2.75, 3.05) is 11.5 Å². The third-order valence-corrected chi connectivity index (χ3v) is 6.71. The summed E-state index contributed by atoms with van der Waals surface area (Å²) in [5, 5.41) is 0. The first-order valence-corrected chi connectivity index (χ1v) is 9.87. The van der Waals surface area contributed by atoms with Crippen molar-refractivity contribution in [2.45, 2.75) is 23.8 Å². The number of sulfone groups is 1. The van der Waals surface area contributed by atoms with E-state index in [9.17, 15) is 16.8 Å². The van der Waals surface area contributed by atoms with Gasteiger partial charge in [-0.2, -0.15) is 0 Å². The van der Waals surface area contributed by atoms with Gasteiger partial charge < -0.3 is 0 Å². The smallest absolute Gasteiger partial charge is 0.229 e. The van der Waals surface area contributed by atoms with E-state index in [1.807, 2.05) is 0 Å². The summed E-state index contributed by atoms with van der Waals surface area (Å²) in [6, 6.07) is 6.09. The van der Waals surface area contributed by atoms with Crippen molar-refractivity contribution in [1.29, 1.82) is 0 Å². The minimum atomic E-state index is -3.59. The van der Waals surface area contributed by atoms with Crippen molar-refractivity contribution in [3.63, 3.8) is 0 Å². The summed E-state index contributed by atoms with van der Waals surface area (Å²) in [4.78, 5) is 0.176. The fraction of sp³-hybridized carbons (Fsp3) is 0.455. The summed E-state index contributed by atoms with van der Waals surface area (Å²) < 4.78 is 50.1. The van der Waals surface area contributed by atoms with Gasteiger partial charge in [-0.3, -0.25) is 0 Å². The van der Waals surface area contributed by atoms with Crippen molar-refractivity contribution in [3.05, 3.63) is 28.7 Å². The summed E-state index contributed by atoms with van der Waals surface area (Å²) in [5.41, 5.74) is 0. The van der Waals surface area contributed by atoms with E-state index >= 15 is 0 Å². The first-order valence-electron chi connectivity index (χ1n) is 5.77. The largest absolute Gasteiger partial charge is 0.240 e. The topological polar surface area (TPSA) is 80.3 Å². The van der Waals surface area contributed by atoms with Crippen molar-refractivity contribution >= 4 is 35.8 Å². The molecule has 0 saturated carbocycles. The van der Waals surface area contributed by atoms with Crippen LogP contribution in [0.25, 0.3) is 0 Å². The molecule has 106 valence electrons. The van der Waals surface area contributed by atoms with Crippen LogP contribution >= 0.6 is 15.9 Å². The molecule has 0 spiro atoms. The van der Waals surface area contributed by atoms with Gasteiger partial charge in [0.2, 0.25) is 10.0 Å². The summed E-state index contributed by atoms with van der Waals surface area (Å²) in [5.74, 6) is 0.0807. The molecular weight excluding hydrogens is 354 g/mol. The van der Waals surface area contributed by atoms with Crippen LogP contribution in [0.3, 0.4) is 0 Å². The predicted octanol–water partition coefficient (Wildman–Crippen LogP) is 1.30. The average Bonchev–Trinajstić information content (AvgIpc) is 2.32. The van der Waals surface area contributed by atoms with Gasteiger partial charge in [0.05, 0.1) is 16.4 Å². The molecule has 0 atom stereocenters. The van der Waals surface area contributed by atoms with Crippen LogP contribution in [0.1, 0.15) is 12.8 Å². The van der Waals surface area contributed by atoms with E-state index in [-0.39, 0.29) is 22.4 Å². The van der Waals surface area contributed by atoms with Crippen LogP contribution in [0.5, 0.6) is 0 Å². The molecule has 0 amide bonds. The van der Waals surface area contributed by atoms with Crippen molar-refractivity contribution in [3.8, 4) is 0 Å². The van der Waals surface area contributed by atoms with E-state index in [4.69, 9.17) is 0 Å². The monoisotopic (exact) mass is 367 g/mol. The molecule has 8 heteroatoms. The van der Waals surface area contributed by atoms with E-state index in [1.54, 1.807) is 12.1 Å². The van der Waals surface area contributed by atoms with Crippen LogP contribution in [-0.4, -0.2) is 34.4 Å². The van der Waals surface area contributed by atoms with Gasteiger partial charge in [-0.25, -0.2) is 21.6 Å². The zero-order valence-corrected chi connectivity index (χ0v) is 13.3. The maximum Gasteiger partial charge on any atom is 0.240 e. The van der Waals surface area contributed by atoms with Crippen molar-refractivity contribution < 1.29 is 16.8 Å². The van der Waals surface area contributed by atoms with Crippen LogP contribution < -0.4 is 4.72 Å².